The molecular weight excluding hydrogens is 302 g/mol. The fourth-order valence-corrected chi connectivity index (χ4v) is 3.68. The van der Waals surface area contributed by atoms with Crippen LogP contribution in [-0.2, 0) is 0 Å². The highest BCUT2D eigenvalue weighted by atomic mass is 32.1. The molecular formula is C14H17N5S2. The quantitative estimate of drug-likeness (QED) is 0.750. The number of thiazole rings is 1. The Balaban J connectivity index is 1.85. The summed E-state index contributed by atoms with van der Waals surface area (Å²) in [5.41, 5.74) is 0. The first kappa shape index (κ1) is 14.2. The molecule has 0 spiro atoms. The summed E-state index contributed by atoms with van der Waals surface area (Å²) in [6, 6.07) is 2.13. The van der Waals surface area contributed by atoms with E-state index in [1.165, 1.54) is 4.88 Å². The lowest BCUT2D eigenvalue weighted by molar-refractivity contribution is 0.792. The average molecular weight is 319 g/mol. The second-order valence-electron chi connectivity index (χ2n) is 4.87. The van der Waals surface area contributed by atoms with Gasteiger partial charge in [0.2, 0.25) is 5.95 Å². The molecule has 0 aliphatic carbocycles. The molecule has 7 heteroatoms. The monoisotopic (exact) mass is 319 g/mol. The summed E-state index contributed by atoms with van der Waals surface area (Å²) in [7, 11) is 1.84. The number of thiophene rings is 1. The van der Waals surface area contributed by atoms with E-state index in [9.17, 15) is 0 Å². The molecule has 3 rings (SSSR count). The summed E-state index contributed by atoms with van der Waals surface area (Å²) in [6.45, 7) is 5.06. The molecule has 110 valence electrons. The molecule has 3 heterocycles. The zero-order valence-corrected chi connectivity index (χ0v) is 13.8. The third-order valence-electron chi connectivity index (χ3n) is 3.19. The van der Waals surface area contributed by atoms with Crippen molar-refractivity contribution in [1.82, 2.24) is 15.0 Å². The number of hydrogen-bond acceptors (Lipinski definition) is 7. The van der Waals surface area contributed by atoms with Crippen LogP contribution in [0.5, 0.6) is 0 Å². The lowest BCUT2D eigenvalue weighted by Gasteiger charge is -2.12. The van der Waals surface area contributed by atoms with E-state index < -0.39 is 0 Å². The van der Waals surface area contributed by atoms with Crippen molar-refractivity contribution >= 4 is 44.7 Å². The summed E-state index contributed by atoms with van der Waals surface area (Å²) < 4.78 is 0. The van der Waals surface area contributed by atoms with E-state index >= 15 is 0 Å². The van der Waals surface area contributed by atoms with Gasteiger partial charge in [-0.1, -0.05) is 6.92 Å². The highest BCUT2D eigenvalue weighted by Gasteiger charge is 2.12. The van der Waals surface area contributed by atoms with E-state index in [0.29, 0.717) is 11.9 Å². The van der Waals surface area contributed by atoms with Gasteiger partial charge in [-0.05, 0) is 13.0 Å². The van der Waals surface area contributed by atoms with E-state index in [1.54, 1.807) is 22.7 Å². The lowest BCUT2D eigenvalue weighted by Crippen LogP contribution is -2.11. The molecule has 3 aromatic heterocycles. The molecule has 0 aromatic carbocycles. The van der Waals surface area contributed by atoms with Gasteiger partial charge in [0, 0.05) is 36.0 Å². The maximum Gasteiger partial charge on any atom is 0.225 e. The Morgan fingerprint density at radius 1 is 1.33 bits per heavy atom. The topological polar surface area (TPSA) is 62.7 Å². The molecule has 2 N–H and O–H groups in total. The van der Waals surface area contributed by atoms with Crippen LogP contribution in [0.25, 0.3) is 10.2 Å². The largest absolute Gasteiger partial charge is 0.369 e. The molecule has 1 atom stereocenters. The SMILES string of the molecule is CNc1nc(NCC(C)c2nccs2)c2cc(C)sc2n1. The van der Waals surface area contributed by atoms with Gasteiger partial charge in [0.25, 0.3) is 0 Å². The lowest BCUT2D eigenvalue weighted by atomic mass is 10.2. The number of aromatic nitrogens is 3. The van der Waals surface area contributed by atoms with Crippen LogP contribution in [0.2, 0.25) is 0 Å². The summed E-state index contributed by atoms with van der Waals surface area (Å²) in [5, 5.41) is 10.7. The second kappa shape index (κ2) is 5.95. The molecule has 0 saturated carbocycles. The standard InChI is InChI=1S/C14H17N5S2/c1-8(12-16-4-5-20-12)7-17-11-10-6-9(2)21-13(10)19-14(15-3)18-11/h4-6,8H,7H2,1-3H3,(H2,15,17,18,19). The first-order valence-electron chi connectivity index (χ1n) is 6.76. The van der Waals surface area contributed by atoms with Crippen LogP contribution < -0.4 is 10.6 Å². The zero-order chi connectivity index (χ0) is 14.8. The first-order valence-corrected chi connectivity index (χ1v) is 8.46. The van der Waals surface area contributed by atoms with Crippen LogP contribution in [-0.4, -0.2) is 28.5 Å². The molecule has 0 fully saturated rings. The number of hydrogen-bond donors (Lipinski definition) is 2. The first-order chi connectivity index (χ1) is 10.2. The minimum Gasteiger partial charge on any atom is -0.369 e. The van der Waals surface area contributed by atoms with E-state index in [-0.39, 0.29) is 0 Å². The Kier molecular flexibility index (Phi) is 4.03. The molecule has 5 nitrogen and oxygen atoms in total. The molecule has 0 bridgehead atoms. The van der Waals surface area contributed by atoms with E-state index in [1.807, 2.05) is 18.6 Å². The number of rotatable bonds is 5. The Labute approximate surface area is 131 Å². The molecule has 21 heavy (non-hydrogen) atoms. The van der Waals surface area contributed by atoms with Crippen molar-refractivity contribution in [2.24, 2.45) is 0 Å². The number of aryl methyl sites for hydroxylation is 1. The third kappa shape index (κ3) is 2.98. The van der Waals surface area contributed by atoms with Crippen molar-refractivity contribution in [2.45, 2.75) is 19.8 Å². The van der Waals surface area contributed by atoms with E-state index in [2.05, 4.69) is 45.5 Å². The Morgan fingerprint density at radius 3 is 2.90 bits per heavy atom. The van der Waals surface area contributed by atoms with Gasteiger partial charge in [0.1, 0.15) is 10.6 Å². The number of nitrogens with zero attached hydrogens (tertiary/aromatic N) is 3. The van der Waals surface area contributed by atoms with Crippen molar-refractivity contribution in [3.8, 4) is 0 Å². The van der Waals surface area contributed by atoms with Gasteiger partial charge in [-0.15, -0.1) is 22.7 Å². The average Bonchev–Trinajstić information content (AvgIpc) is 3.12. The smallest absolute Gasteiger partial charge is 0.225 e. The van der Waals surface area contributed by atoms with Crippen molar-refractivity contribution in [2.75, 3.05) is 24.2 Å². The minimum atomic E-state index is 0.354. The van der Waals surface area contributed by atoms with Gasteiger partial charge in [-0.25, -0.2) is 9.97 Å². The molecule has 0 aliphatic heterocycles. The van der Waals surface area contributed by atoms with Crippen LogP contribution in [0.3, 0.4) is 0 Å². The molecule has 0 amide bonds. The van der Waals surface area contributed by atoms with Crippen LogP contribution in [0, 0.1) is 6.92 Å². The van der Waals surface area contributed by atoms with Crippen molar-refractivity contribution in [3.63, 3.8) is 0 Å². The normalized spacial score (nSPS) is 12.5. The summed E-state index contributed by atoms with van der Waals surface area (Å²) in [6.07, 6.45) is 1.85. The molecule has 0 saturated heterocycles. The number of nitrogens with one attached hydrogen (secondary N) is 2. The third-order valence-corrected chi connectivity index (χ3v) is 5.14. The zero-order valence-electron chi connectivity index (χ0n) is 12.2. The predicted molar refractivity (Wildman–Crippen MR) is 90.7 cm³/mol. The fourth-order valence-electron chi connectivity index (χ4n) is 2.10. The molecule has 0 aliphatic rings. The molecule has 0 radical (unpaired) electrons. The van der Waals surface area contributed by atoms with Crippen LogP contribution in [0.15, 0.2) is 17.6 Å². The summed E-state index contributed by atoms with van der Waals surface area (Å²) in [5.74, 6) is 1.89. The van der Waals surface area contributed by atoms with Crippen LogP contribution in [0.4, 0.5) is 11.8 Å². The van der Waals surface area contributed by atoms with Crippen molar-refractivity contribution in [3.05, 3.63) is 27.5 Å². The number of fused-ring (bicyclic) bond motifs is 1. The second-order valence-corrected chi connectivity index (χ2v) is 7.03. The maximum absolute atomic E-state index is 4.54. The van der Waals surface area contributed by atoms with E-state index in [0.717, 1.165) is 27.6 Å². The van der Waals surface area contributed by atoms with E-state index in [4.69, 9.17) is 0 Å². The predicted octanol–water partition coefficient (Wildman–Crippen LogP) is 3.71. The Hall–Kier alpha value is -1.73. The number of anilines is 2. The fraction of sp³-hybridized carbons (Fsp3) is 0.357. The van der Waals surface area contributed by atoms with Crippen molar-refractivity contribution < 1.29 is 0 Å². The maximum atomic E-state index is 4.54. The highest BCUT2D eigenvalue weighted by molar-refractivity contribution is 7.18. The van der Waals surface area contributed by atoms with Gasteiger partial charge in [0.05, 0.1) is 10.4 Å². The van der Waals surface area contributed by atoms with Gasteiger partial charge < -0.3 is 10.6 Å². The van der Waals surface area contributed by atoms with Crippen LogP contribution >= 0.6 is 22.7 Å². The Morgan fingerprint density at radius 2 is 2.19 bits per heavy atom. The van der Waals surface area contributed by atoms with Gasteiger partial charge in [-0.2, -0.15) is 4.98 Å². The molecule has 1 unspecified atom stereocenters. The van der Waals surface area contributed by atoms with Crippen molar-refractivity contribution in [1.29, 1.82) is 0 Å². The summed E-state index contributed by atoms with van der Waals surface area (Å²) in [4.78, 5) is 15.7. The van der Waals surface area contributed by atoms with Gasteiger partial charge in [-0.3, -0.25) is 0 Å². The Bertz CT molecular complexity index is 735. The summed E-state index contributed by atoms with van der Waals surface area (Å²) >= 11 is 3.37. The van der Waals surface area contributed by atoms with Gasteiger partial charge >= 0.3 is 0 Å². The van der Waals surface area contributed by atoms with Crippen LogP contribution in [0.1, 0.15) is 22.7 Å². The highest BCUT2D eigenvalue weighted by Crippen LogP contribution is 2.30. The minimum absolute atomic E-state index is 0.354. The molecule has 3 aromatic rings. The van der Waals surface area contributed by atoms with Gasteiger partial charge in [0.15, 0.2) is 0 Å².